The Labute approximate surface area is 184 Å². The number of fused-ring (bicyclic) bond motifs is 1. The number of benzene rings is 1. The van der Waals surface area contributed by atoms with Crippen molar-refractivity contribution in [2.45, 2.75) is 81.4 Å². The van der Waals surface area contributed by atoms with E-state index in [1.165, 1.54) is 6.26 Å². The molecule has 5 rings (SSSR count). The van der Waals surface area contributed by atoms with E-state index in [2.05, 4.69) is 6.92 Å². The van der Waals surface area contributed by atoms with Gasteiger partial charge in [-0.3, -0.25) is 4.79 Å². The van der Waals surface area contributed by atoms with Gasteiger partial charge < -0.3 is 14.2 Å². The minimum absolute atomic E-state index is 0.134. The lowest BCUT2D eigenvalue weighted by Gasteiger charge is -2.56. The smallest absolute Gasteiger partial charge is 0.311 e. The maximum absolute atomic E-state index is 13.0. The third-order valence-electron chi connectivity index (χ3n) is 8.15. The van der Waals surface area contributed by atoms with Gasteiger partial charge >= 0.3 is 5.97 Å². The van der Waals surface area contributed by atoms with Crippen molar-refractivity contribution in [1.29, 1.82) is 0 Å². The van der Waals surface area contributed by atoms with Gasteiger partial charge in [-0.25, -0.2) is 8.42 Å². The van der Waals surface area contributed by atoms with Gasteiger partial charge in [0.15, 0.2) is 15.6 Å². The number of aryl methyl sites for hydroxylation is 1. The number of esters is 1. The van der Waals surface area contributed by atoms with Gasteiger partial charge in [-0.1, -0.05) is 19.1 Å². The van der Waals surface area contributed by atoms with E-state index in [0.717, 1.165) is 50.5 Å². The second kappa shape index (κ2) is 7.29. The number of sulfone groups is 1. The number of hydrogen-bond donors (Lipinski definition) is 0. The molecule has 4 aliphatic rings. The summed E-state index contributed by atoms with van der Waals surface area (Å²) < 4.78 is 42.0. The Kier molecular flexibility index (Phi) is 5.03. The summed E-state index contributed by atoms with van der Waals surface area (Å²) in [6, 6.07) is 7.04. The fourth-order valence-corrected chi connectivity index (χ4v) is 7.26. The van der Waals surface area contributed by atoms with Gasteiger partial charge in [-0.2, -0.15) is 0 Å². The van der Waals surface area contributed by atoms with E-state index in [4.69, 9.17) is 14.2 Å². The molecule has 0 amide bonds. The van der Waals surface area contributed by atoms with Crippen LogP contribution in [0.15, 0.2) is 29.2 Å². The summed E-state index contributed by atoms with van der Waals surface area (Å²) in [5.41, 5.74) is 0.578. The fraction of sp³-hybridized carbons (Fsp3) is 0.708. The van der Waals surface area contributed by atoms with E-state index in [0.29, 0.717) is 16.7 Å². The number of rotatable bonds is 5. The maximum Gasteiger partial charge on any atom is 0.311 e. The first-order chi connectivity index (χ1) is 14.6. The van der Waals surface area contributed by atoms with E-state index < -0.39 is 27.5 Å². The first-order valence-electron chi connectivity index (χ1n) is 11.5. The highest BCUT2D eigenvalue weighted by Gasteiger charge is 2.72. The van der Waals surface area contributed by atoms with Crippen LogP contribution in [0.25, 0.3) is 0 Å². The monoisotopic (exact) mass is 448 g/mol. The van der Waals surface area contributed by atoms with E-state index in [1.54, 1.807) is 12.1 Å². The molecule has 1 aromatic carbocycles. The molecule has 0 aromatic heterocycles. The van der Waals surface area contributed by atoms with E-state index in [9.17, 15) is 13.2 Å². The molecule has 1 aliphatic carbocycles. The van der Waals surface area contributed by atoms with Crippen LogP contribution in [0.5, 0.6) is 0 Å². The molecule has 4 fully saturated rings. The van der Waals surface area contributed by atoms with Crippen molar-refractivity contribution >= 4 is 15.8 Å². The van der Waals surface area contributed by atoms with E-state index in [1.807, 2.05) is 19.1 Å². The summed E-state index contributed by atoms with van der Waals surface area (Å²) in [6.45, 7) is 4.28. The molecule has 0 unspecified atom stereocenters. The van der Waals surface area contributed by atoms with Gasteiger partial charge in [-0.15, -0.1) is 0 Å². The van der Waals surface area contributed by atoms with E-state index in [-0.39, 0.29) is 17.8 Å². The van der Waals surface area contributed by atoms with Crippen molar-refractivity contribution in [2.75, 3.05) is 6.26 Å². The Hall–Kier alpha value is -1.44. The van der Waals surface area contributed by atoms with Crippen molar-refractivity contribution < 1.29 is 27.4 Å². The molecule has 170 valence electrons. The minimum atomic E-state index is -3.19. The number of carbonyl (C=O) groups excluding carboxylic acids is 1. The maximum atomic E-state index is 13.0. The summed E-state index contributed by atoms with van der Waals surface area (Å²) in [7, 11) is -3.19. The average Bonchev–Trinajstić information content (AvgIpc) is 2.92. The van der Waals surface area contributed by atoms with Gasteiger partial charge in [-0.05, 0) is 75.0 Å². The highest BCUT2D eigenvalue weighted by Crippen LogP contribution is 2.63. The van der Waals surface area contributed by atoms with E-state index >= 15 is 0 Å². The Morgan fingerprint density at radius 3 is 2.55 bits per heavy atom. The minimum Gasteiger partial charge on any atom is -0.432 e. The quantitative estimate of drug-likeness (QED) is 0.637. The number of ether oxygens (including phenoxy) is 3. The molecule has 0 radical (unpaired) electrons. The lowest BCUT2D eigenvalue weighted by Crippen LogP contribution is -2.65. The van der Waals surface area contributed by atoms with Gasteiger partial charge in [0, 0.05) is 18.6 Å². The van der Waals surface area contributed by atoms with Gasteiger partial charge in [0.25, 0.3) is 0 Å². The fourth-order valence-electron chi connectivity index (χ4n) is 6.63. The molecular formula is C24H32O6S. The van der Waals surface area contributed by atoms with Crippen LogP contribution in [0, 0.1) is 23.7 Å². The molecule has 6 nitrogen and oxygen atoms in total. The standard InChI is InChI=1S/C24H32O6S/c1-15-7-12-20-18(6-4-5-16-8-10-17(11-9-16)31(3,26)27)21(25)28-22-24(20)19(15)13-14-23(2,29-22)30-24/h8-11,15,18-20,22H,4-7,12-14H2,1-3H3/t15-,18-,19+,20+,22-,23-,24-/m1/s1. The largest absolute Gasteiger partial charge is 0.432 e. The van der Waals surface area contributed by atoms with Crippen LogP contribution in [-0.4, -0.2) is 38.3 Å². The summed E-state index contributed by atoms with van der Waals surface area (Å²) in [6.07, 6.45) is 7.00. The SMILES string of the molecule is C[C@@H]1CC[C@H]2[C@@H](CCCc3ccc(S(C)(=O)=O)cc3)C(=O)O[C@@H]3O[C@@]4(C)CC[C@@H]1[C@]32O4. The summed E-state index contributed by atoms with van der Waals surface area (Å²) in [5, 5.41) is 0. The molecule has 3 saturated heterocycles. The lowest BCUT2D eigenvalue weighted by molar-refractivity contribution is -0.265. The normalized spacial score (nSPS) is 41.5. The molecule has 3 aliphatic heterocycles. The van der Waals surface area contributed by atoms with Crippen LogP contribution >= 0.6 is 0 Å². The van der Waals surface area contributed by atoms with Crippen LogP contribution in [0.1, 0.15) is 57.9 Å². The van der Waals surface area contributed by atoms with Crippen LogP contribution in [0.4, 0.5) is 0 Å². The molecule has 0 N–H and O–H groups in total. The topological polar surface area (TPSA) is 78.9 Å². The van der Waals surface area contributed by atoms with Crippen molar-refractivity contribution in [3.05, 3.63) is 29.8 Å². The second-order valence-corrected chi connectivity index (χ2v) is 12.2. The molecular weight excluding hydrogens is 416 g/mol. The first kappa shape index (κ1) is 21.4. The molecule has 2 bridgehead atoms. The molecule has 3 heterocycles. The Balaban J connectivity index is 1.32. The zero-order chi connectivity index (χ0) is 22.0. The Morgan fingerprint density at radius 1 is 1.10 bits per heavy atom. The molecule has 1 saturated carbocycles. The highest BCUT2D eigenvalue weighted by atomic mass is 32.2. The lowest BCUT2D eigenvalue weighted by atomic mass is 9.56. The molecule has 31 heavy (non-hydrogen) atoms. The number of hydrogen-bond acceptors (Lipinski definition) is 6. The summed E-state index contributed by atoms with van der Waals surface area (Å²) in [5.74, 6) is 0.0654. The predicted octanol–water partition coefficient (Wildman–Crippen LogP) is 3.87. The predicted molar refractivity (Wildman–Crippen MR) is 114 cm³/mol. The molecule has 1 spiro atoms. The molecule has 1 aromatic rings. The third kappa shape index (κ3) is 3.44. The van der Waals surface area contributed by atoms with Crippen LogP contribution < -0.4 is 0 Å². The van der Waals surface area contributed by atoms with Crippen LogP contribution in [0.2, 0.25) is 0 Å². The summed E-state index contributed by atoms with van der Waals surface area (Å²) in [4.78, 5) is 13.3. The second-order valence-electron chi connectivity index (χ2n) is 10.2. The van der Waals surface area contributed by atoms with Crippen LogP contribution in [0.3, 0.4) is 0 Å². The van der Waals surface area contributed by atoms with Gasteiger partial charge in [0.05, 0.1) is 10.8 Å². The zero-order valence-corrected chi connectivity index (χ0v) is 19.3. The average molecular weight is 449 g/mol. The zero-order valence-electron chi connectivity index (χ0n) is 18.5. The third-order valence-corrected chi connectivity index (χ3v) is 9.28. The van der Waals surface area contributed by atoms with Crippen LogP contribution in [-0.2, 0) is 35.3 Å². The highest BCUT2D eigenvalue weighted by molar-refractivity contribution is 7.90. The van der Waals surface area contributed by atoms with Crippen molar-refractivity contribution in [3.8, 4) is 0 Å². The Morgan fingerprint density at radius 2 is 1.84 bits per heavy atom. The summed E-state index contributed by atoms with van der Waals surface area (Å²) >= 11 is 0. The van der Waals surface area contributed by atoms with Crippen molar-refractivity contribution in [3.63, 3.8) is 0 Å². The van der Waals surface area contributed by atoms with Gasteiger partial charge in [0.1, 0.15) is 5.60 Å². The van der Waals surface area contributed by atoms with Crippen molar-refractivity contribution in [2.24, 2.45) is 23.7 Å². The molecule has 7 atom stereocenters. The Bertz CT molecular complexity index is 972. The van der Waals surface area contributed by atoms with Crippen molar-refractivity contribution in [1.82, 2.24) is 0 Å². The number of carbonyl (C=O) groups is 1. The van der Waals surface area contributed by atoms with Gasteiger partial charge in [0.2, 0.25) is 6.29 Å². The molecule has 7 heteroatoms. The first-order valence-corrected chi connectivity index (χ1v) is 13.4.